The number of aromatic nitrogens is 1. The number of hydrogen-bond donors (Lipinski definition) is 0. The van der Waals surface area contributed by atoms with Crippen LogP contribution in [0.4, 0.5) is 17.6 Å². The largest absolute Gasteiger partial charge is 0.573 e. The summed E-state index contributed by atoms with van der Waals surface area (Å²) >= 11 is 0. The lowest BCUT2D eigenvalue weighted by Crippen LogP contribution is -2.17. The third-order valence-corrected chi connectivity index (χ3v) is 2.39. The van der Waals surface area contributed by atoms with Gasteiger partial charge in [-0.15, -0.1) is 13.2 Å². The van der Waals surface area contributed by atoms with E-state index in [9.17, 15) is 17.6 Å². The Labute approximate surface area is 106 Å². The van der Waals surface area contributed by atoms with Crippen LogP contribution in [0, 0.1) is 12.7 Å². The second-order valence-electron chi connectivity index (χ2n) is 3.89. The summed E-state index contributed by atoms with van der Waals surface area (Å²) in [4.78, 5) is 3.87. The molecule has 0 aliphatic carbocycles. The number of hydrogen-bond acceptors (Lipinski definition) is 2. The number of benzene rings is 1. The van der Waals surface area contributed by atoms with Gasteiger partial charge in [0, 0.05) is 5.56 Å². The molecule has 1 heterocycles. The van der Waals surface area contributed by atoms with Crippen LogP contribution in [0.5, 0.6) is 5.75 Å². The van der Waals surface area contributed by atoms with Crippen molar-refractivity contribution in [3.05, 3.63) is 47.9 Å². The highest BCUT2D eigenvalue weighted by atomic mass is 19.4. The Balaban J connectivity index is 2.38. The molecule has 0 spiro atoms. The molecule has 0 aliphatic rings. The quantitative estimate of drug-likeness (QED) is 0.767. The molecule has 0 amide bonds. The number of ether oxygens (including phenoxy) is 1. The minimum absolute atomic E-state index is 0.337. The van der Waals surface area contributed by atoms with Crippen LogP contribution in [0.25, 0.3) is 11.3 Å². The van der Waals surface area contributed by atoms with Crippen LogP contribution in [0.1, 0.15) is 5.56 Å². The fourth-order valence-electron chi connectivity index (χ4n) is 1.68. The van der Waals surface area contributed by atoms with Crippen LogP contribution in [0.3, 0.4) is 0 Å². The maximum atomic E-state index is 12.9. The normalized spacial score (nSPS) is 11.4. The number of pyridine rings is 1. The highest BCUT2D eigenvalue weighted by Gasteiger charge is 2.31. The smallest absolute Gasteiger partial charge is 0.406 e. The van der Waals surface area contributed by atoms with Crippen molar-refractivity contribution < 1.29 is 22.3 Å². The van der Waals surface area contributed by atoms with E-state index in [-0.39, 0.29) is 5.75 Å². The van der Waals surface area contributed by atoms with Gasteiger partial charge in [-0.25, -0.2) is 4.39 Å². The van der Waals surface area contributed by atoms with E-state index in [1.807, 2.05) is 0 Å². The topological polar surface area (TPSA) is 22.1 Å². The predicted molar refractivity (Wildman–Crippen MR) is 61.1 cm³/mol. The molecule has 0 N–H and O–H groups in total. The van der Waals surface area contributed by atoms with E-state index < -0.39 is 12.2 Å². The molecule has 100 valence electrons. The summed E-state index contributed by atoms with van der Waals surface area (Å²) in [5, 5.41) is 0. The Morgan fingerprint density at radius 3 is 2.53 bits per heavy atom. The molecule has 2 aromatic rings. The van der Waals surface area contributed by atoms with Crippen LogP contribution in [-0.4, -0.2) is 11.3 Å². The molecule has 2 nitrogen and oxygen atoms in total. The van der Waals surface area contributed by atoms with Crippen molar-refractivity contribution in [3.63, 3.8) is 0 Å². The Kier molecular flexibility index (Phi) is 3.42. The summed E-state index contributed by atoms with van der Waals surface area (Å²) in [6.07, 6.45) is -3.73. The number of alkyl halides is 3. The van der Waals surface area contributed by atoms with Gasteiger partial charge in [0.1, 0.15) is 11.6 Å². The molecule has 0 unspecified atom stereocenters. The van der Waals surface area contributed by atoms with Crippen LogP contribution in [0.2, 0.25) is 0 Å². The molecule has 0 aliphatic heterocycles. The van der Waals surface area contributed by atoms with E-state index in [0.717, 1.165) is 6.20 Å². The SMILES string of the molecule is Cc1cc(F)cnc1-c1cccc(OC(F)(F)F)c1. The summed E-state index contributed by atoms with van der Waals surface area (Å²) in [6.45, 7) is 1.63. The first-order valence-corrected chi connectivity index (χ1v) is 5.33. The van der Waals surface area contributed by atoms with Crippen molar-refractivity contribution in [2.24, 2.45) is 0 Å². The van der Waals surface area contributed by atoms with Crippen molar-refractivity contribution >= 4 is 0 Å². The van der Waals surface area contributed by atoms with E-state index in [2.05, 4.69) is 9.72 Å². The van der Waals surface area contributed by atoms with Gasteiger partial charge in [0.05, 0.1) is 11.9 Å². The molecule has 0 radical (unpaired) electrons. The third-order valence-electron chi connectivity index (χ3n) is 2.39. The minimum atomic E-state index is -4.75. The number of aryl methyl sites for hydroxylation is 1. The van der Waals surface area contributed by atoms with Gasteiger partial charge >= 0.3 is 6.36 Å². The van der Waals surface area contributed by atoms with E-state index in [0.29, 0.717) is 16.8 Å². The highest BCUT2D eigenvalue weighted by molar-refractivity contribution is 5.64. The molecule has 2 rings (SSSR count). The Hall–Kier alpha value is -2.11. The lowest BCUT2D eigenvalue weighted by molar-refractivity contribution is -0.274. The maximum Gasteiger partial charge on any atom is 0.573 e. The average Bonchev–Trinajstić information content (AvgIpc) is 2.26. The number of rotatable bonds is 2. The lowest BCUT2D eigenvalue weighted by atomic mass is 10.1. The fraction of sp³-hybridized carbons (Fsp3) is 0.154. The monoisotopic (exact) mass is 271 g/mol. The van der Waals surface area contributed by atoms with Crippen LogP contribution < -0.4 is 4.74 Å². The molecular formula is C13H9F4NO. The van der Waals surface area contributed by atoms with Gasteiger partial charge in [0.2, 0.25) is 0 Å². The Morgan fingerprint density at radius 2 is 1.89 bits per heavy atom. The van der Waals surface area contributed by atoms with Gasteiger partial charge in [-0.3, -0.25) is 4.98 Å². The lowest BCUT2D eigenvalue weighted by Gasteiger charge is -2.10. The Bertz CT molecular complexity index is 595. The average molecular weight is 271 g/mol. The van der Waals surface area contributed by atoms with E-state index >= 15 is 0 Å². The first-order chi connectivity index (χ1) is 8.85. The summed E-state index contributed by atoms with van der Waals surface area (Å²) in [5.41, 5.74) is 1.37. The summed E-state index contributed by atoms with van der Waals surface area (Å²) in [6, 6.07) is 6.66. The summed E-state index contributed by atoms with van der Waals surface area (Å²) in [7, 11) is 0. The zero-order valence-electron chi connectivity index (χ0n) is 9.83. The van der Waals surface area contributed by atoms with E-state index in [1.54, 1.807) is 13.0 Å². The molecule has 0 bridgehead atoms. The number of nitrogens with zero attached hydrogens (tertiary/aromatic N) is 1. The van der Waals surface area contributed by atoms with Crippen LogP contribution >= 0.6 is 0 Å². The first-order valence-electron chi connectivity index (χ1n) is 5.33. The zero-order chi connectivity index (χ0) is 14.0. The highest BCUT2D eigenvalue weighted by Crippen LogP contribution is 2.28. The van der Waals surface area contributed by atoms with E-state index in [4.69, 9.17) is 0 Å². The van der Waals surface area contributed by atoms with Gasteiger partial charge in [-0.1, -0.05) is 12.1 Å². The second-order valence-corrected chi connectivity index (χ2v) is 3.89. The third kappa shape index (κ3) is 3.43. The summed E-state index contributed by atoms with van der Waals surface area (Å²) in [5.74, 6) is -0.834. The second kappa shape index (κ2) is 4.87. The predicted octanol–water partition coefficient (Wildman–Crippen LogP) is 4.09. The van der Waals surface area contributed by atoms with Gasteiger partial charge < -0.3 is 4.74 Å². The molecular weight excluding hydrogens is 262 g/mol. The molecule has 6 heteroatoms. The van der Waals surface area contributed by atoms with Gasteiger partial charge in [-0.05, 0) is 30.7 Å². The maximum absolute atomic E-state index is 12.9. The van der Waals surface area contributed by atoms with Crippen molar-refractivity contribution in [3.8, 4) is 17.0 Å². The molecule has 1 aromatic heterocycles. The van der Waals surface area contributed by atoms with Crippen LogP contribution in [0.15, 0.2) is 36.5 Å². The molecule has 0 saturated heterocycles. The van der Waals surface area contributed by atoms with Gasteiger partial charge in [-0.2, -0.15) is 0 Å². The first kappa shape index (κ1) is 13.3. The zero-order valence-corrected chi connectivity index (χ0v) is 9.83. The Morgan fingerprint density at radius 1 is 1.16 bits per heavy atom. The number of halogens is 4. The van der Waals surface area contributed by atoms with Crippen molar-refractivity contribution in [2.75, 3.05) is 0 Å². The van der Waals surface area contributed by atoms with Gasteiger partial charge in [0.25, 0.3) is 0 Å². The summed E-state index contributed by atoms with van der Waals surface area (Å²) < 4.78 is 53.1. The molecule has 1 aromatic carbocycles. The standard InChI is InChI=1S/C13H9F4NO/c1-8-5-10(14)7-18-12(8)9-3-2-4-11(6-9)19-13(15,16)17/h2-7H,1H3. The van der Waals surface area contributed by atoms with E-state index in [1.165, 1.54) is 24.3 Å². The van der Waals surface area contributed by atoms with Gasteiger partial charge in [0.15, 0.2) is 0 Å². The fourth-order valence-corrected chi connectivity index (χ4v) is 1.68. The van der Waals surface area contributed by atoms with Crippen molar-refractivity contribution in [2.45, 2.75) is 13.3 Å². The van der Waals surface area contributed by atoms with Crippen molar-refractivity contribution in [1.82, 2.24) is 4.98 Å². The molecule has 0 saturated carbocycles. The van der Waals surface area contributed by atoms with Crippen LogP contribution in [-0.2, 0) is 0 Å². The van der Waals surface area contributed by atoms with Crippen molar-refractivity contribution in [1.29, 1.82) is 0 Å². The molecule has 0 atom stereocenters. The molecule has 0 fully saturated rings. The molecule has 19 heavy (non-hydrogen) atoms. The minimum Gasteiger partial charge on any atom is -0.406 e.